The zero-order chi connectivity index (χ0) is 23.3. The molecule has 5 rings (SSSR count). The van der Waals surface area contributed by atoms with Crippen LogP contribution in [0.3, 0.4) is 0 Å². The fourth-order valence-corrected chi connectivity index (χ4v) is 3.85. The smallest absolute Gasteiger partial charge is 0.254 e. The van der Waals surface area contributed by atoms with Gasteiger partial charge < -0.3 is 15.0 Å². The monoisotopic (exact) mass is 452 g/mol. The molecule has 1 fully saturated rings. The molecule has 1 N–H and O–H groups in total. The van der Waals surface area contributed by atoms with E-state index in [9.17, 15) is 4.79 Å². The van der Waals surface area contributed by atoms with Gasteiger partial charge in [-0.15, -0.1) is 0 Å². The first-order valence-corrected chi connectivity index (χ1v) is 11.1. The molecule has 1 aromatic carbocycles. The molecule has 0 saturated carbocycles. The van der Waals surface area contributed by atoms with E-state index in [0.717, 1.165) is 22.4 Å². The molecule has 1 aliphatic heterocycles. The summed E-state index contributed by atoms with van der Waals surface area (Å²) in [5.74, 6) is 1.24. The number of anilines is 1. The predicted molar refractivity (Wildman–Crippen MR) is 130 cm³/mol. The van der Waals surface area contributed by atoms with E-state index in [1.54, 1.807) is 18.6 Å². The Labute approximate surface area is 197 Å². The highest BCUT2D eigenvalue weighted by Gasteiger charge is 2.19. The van der Waals surface area contributed by atoms with Crippen molar-refractivity contribution < 1.29 is 9.53 Å². The van der Waals surface area contributed by atoms with E-state index >= 15 is 0 Å². The number of hydrogen-bond donors (Lipinski definition) is 1. The van der Waals surface area contributed by atoms with Crippen molar-refractivity contribution in [3.63, 3.8) is 0 Å². The number of nitrogens with zero attached hydrogens (tertiary/aromatic N) is 5. The molecule has 0 bridgehead atoms. The van der Waals surface area contributed by atoms with Crippen LogP contribution < -0.4 is 5.32 Å². The molecule has 34 heavy (non-hydrogen) atoms. The number of hydrogen-bond acceptors (Lipinski definition) is 7. The molecule has 8 nitrogen and oxygen atoms in total. The van der Waals surface area contributed by atoms with Gasteiger partial charge in [0.05, 0.1) is 18.9 Å². The Bertz CT molecular complexity index is 1310. The number of rotatable bonds is 5. The molecule has 4 aromatic rings. The number of carbonyl (C=O) groups excluding carboxylic acids is 1. The number of amides is 1. The molecule has 0 unspecified atom stereocenters. The lowest BCUT2D eigenvalue weighted by Crippen LogP contribution is -2.40. The quantitative estimate of drug-likeness (QED) is 0.493. The Morgan fingerprint density at radius 3 is 2.56 bits per heavy atom. The number of carbonyl (C=O) groups is 1. The molecule has 0 atom stereocenters. The molecular weight excluding hydrogens is 428 g/mol. The normalized spacial score (nSPS) is 13.5. The third kappa shape index (κ3) is 4.62. The van der Waals surface area contributed by atoms with Gasteiger partial charge in [0, 0.05) is 61.5 Å². The maximum Gasteiger partial charge on any atom is 0.254 e. The lowest BCUT2D eigenvalue weighted by molar-refractivity contribution is 0.0303. The first-order chi connectivity index (χ1) is 16.7. The van der Waals surface area contributed by atoms with Gasteiger partial charge in [-0.25, -0.2) is 9.97 Å². The predicted octanol–water partition coefficient (Wildman–Crippen LogP) is 3.78. The van der Waals surface area contributed by atoms with Crippen molar-refractivity contribution >= 4 is 11.7 Å². The van der Waals surface area contributed by atoms with Crippen LogP contribution in [-0.2, 0) is 4.74 Å². The van der Waals surface area contributed by atoms with E-state index in [0.29, 0.717) is 49.2 Å². The zero-order valence-electron chi connectivity index (χ0n) is 18.8. The van der Waals surface area contributed by atoms with Gasteiger partial charge in [0.2, 0.25) is 0 Å². The van der Waals surface area contributed by atoms with Crippen molar-refractivity contribution in [2.75, 3.05) is 38.7 Å². The van der Waals surface area contributed by atoms with Crippen LogP contribution in [-0.4, -0.2) is 64.1 Å². The average molecular weight is 453 g/mol. The van der Waals surface area contributed by atoms with Crippen LogP contribution in [0.15, 0.2) is 73.2 Å². The van der Waals surface area contributed by atoms with E-state index in [1.165, 1.54) is 0 Å². The van der Waals surface area contributed by atoms with E-state index in [4.69, 9.17) is 9.72 Å². The van der Waals surface area contributed by atoms with Gasteiger partial charge in [-0.05, 0) is 35.9 Å². The first-order valence-electron chi connectivity index (χ1n) is 11.1. The fourth-order valence-electron chi connectivity index (χ4n) is 3.85. The highest BCUT2D eigenvalue weighted by molar-refractivity contribution is 5.95. The second-order valence-corrected chi connectivity index (χ2v) is 7.87. The minimum absolute atomic E-state index is 0.0173. The summed E-state index contributed by atoms with van der Waals surface area (Å²) in [7, 11) is 1.82. The largest absolute Gasteiger partial charge is 0.378 e. The summed E-state index contributed by atoms with van der Waals surface area (Å²) in [6, 6.07) is 17.2. The van der Waals surface area contributed by atoms with Crippen molar-refractivity contribution in [2.24, 2.45) is 0 Å². The summed E-state index contributed by atoms with van der Waals surface area (Å²) in [5.41, 5.74) is 4.74. The van der Waals surface area contributed by atoms with Crippen molar-refractivity contribution in [3.05, 3.63) is 78.8 Å². The van der Waals surface area contributed by atoms with Crippen molar-refractivity contribution in [3.8, 4) is 33.9 Å². The van der Waals surface area contributed by atoms with Crippen LogP contribution in [0.25, 0.3) is 33.9 Å². The summed E-state index contributed by atoms with van der Waals surface area (Å²) in [4.78, 5) is 32.9. The number of morpholine rings is 1. The van der Waals surface area contributed by atoms with Crippen molar-refractivity contribution in [1.82, 2.24) is 24.8 Å². The third-order valence-corrected chi connectivity index (χ3v) is 5.65. The molecule has 1 amide bonds. The van der Waals surface area contributed by atoms with Gasteiger partial charge in [-0.2, -0.15) is 0 Å². The first kappa shape index (κ1) is 21.7. The van der Waals surface area contributed by atoms with Crippen LogP contribution >= 0.6 is 0 Å². The molecule has 0 aliphatic carbocycles. The minimum atomic E-state index is 0.0173. The summed E-state index contributed by atoms with van der Waals surface area (Å²) in [5, 5.41) is 3.09. The summed E-state index contributed by atoms with van der Waals surface area (Å²) < 4.78 is 5.37. The van der Waals surface area contributed by atoms with Crippen LogP contribution in [0, 0.1) is 0 Å². The van der Waals surface area contributed by atoms with Gasteiger partial charge in [-0.1, -0.05) is 18.2 Å². The third-order valence-electron chi connectivity index (χ3n) is 5.65. The molecule has 3 aromatic heterocycles. The van der Waals surface area contributed by atoms with Crippen molar-refractivity contribution in [1.29, 1.82) is 0 Å². The molecule has 4 heterocycles. The zero-order valence-corrected chi connectivity index (χ0v) is 18.8. The summed E-state index contributed by atoms with van der Waals surface area (Å²) >= 11 is 0. The van der Waals surface area contributed by atoms with Crippen LogP contribution in [0.4, 0.5) is 5.82 Å². The number of pyridine rings is 2. The Kier molecular flexibility index (Phi) is 6.22. The highest BCUT2D eigenvalue weighted by atomic mass is 16.5. The Balaban J connectivity index is 1.48. The second-order valence-electron chi connectivity index (χ2n) is 7.87. The van der Waals surface area contributed by atoms with E-state index in [1.807, 2.05) is 66.5 Å². The Morgan fingerprint density at radius 2 is 1.76 bits per heavy atom. The van der Waals surface area contributed by atoms with Gasteiger partial charge in [0.15, 0.2) is 5.82 Å². The number of nitrogens with one attached hydrogen (secondary N) is 1. The van der Waals surface area contributed by atoms with E-state index in [2.05, 4.69) is 20.3 Å². The lowest BCUT2D eigenvalue weighted by atomic mass is 10.0. The summed E-state index contributed by atoms with van der Waals surface area (Å²) in [6.45, 7) is 2.37. The molecular formula is C26H24N6O2. The second kappa shape index (κ2) is 9.76. The standard InChI is InChI=1S/C26H24N6O2/c1-27-24-15-23(30-25(31-24)22-7-2-3-8-29-22)21-14-20(16-28-17-21)18-5-4-6-19(13-18)26(33)32-9-11-34-12-10-32/h2-8,13-17H,9-12H2,1H3,(H,27,30,31). The van der Waals surface area contributed by atoms with Gasteiger partial charge in [0.1, 0.15) is 11.5 Å². The highest BCUT2D eigenvalue weighted by Crippen LogP contribution is 2.28. The fraction of sp³-hybridized carbons (Fsp3) is 0.192. The molecule has 8 heteroatoms. The summed E-state index contributed by atoms with van der Waals surface area (Å²) in [6.07, 6.45) is 5.29. The number of ether oxygens (including phenoxy) is 1. The Morgan fingerprint density at radius 1 is 0.912 bits per heavy atom. The topological polar surface area (TPSA) is 93.1 Å². The SMILES string of the molecule is CNc1cc(-c2cncc(-c3cccc(C(=O)N4CCOCC4)c3)c2)nc(-c2ccccn2)n1. The molecule has 0 radical (unpaired) electrons. The maximum absolute atomic E-state index is 12.9. The maximum atomic E-state index is 12.9. The van der Waals surface area contributed by atoms with Gasteiger partial charge >= 0.3 is 0 Å². The van der Waals surface area contributed by atoms with E-state index < -0.39 is 0 Å². The molecule has 1 aliphatic rings. The lowest BCUT2D eigenvalue weighted by Gasteiger charge is -2.27. The van der Waals surface area contributed by atoms with Crippen molar-refractivity contribution in [2.45, 2.75) is 0 Å². The van der Waals surface area contributed by atoms with Crippen LogP contribution in [0.5, 0.6) is 0 Å². The molecule has 1 saturated heterocycles. The van der Waals surface area contributed by atoms with Gasteiger partial charge in [0.25, 0.3) is 5.91 Å². The molecule has 170 valence electrons. The number of aromatic nitrogens is 4. The average Bonchev–Trinajstić information content (AvgIpc) is 2.93. The van der Waals surface area contributed by atoms with E-state index in [-0.39, 0.29) is 5.91 Å². The minimum Gasteiger partial charge on any atom is -0.378 e. The van der Waals surface area contributed by atoms with Crippen LogP contribution in [0.1, 0.15) is 10.4 Å². The Hall–Kier alpha value is -4.17. The molecule has 0 spiro atoms. The number of benzene rings is 1. The van der Waals surface area contributed by atoms with Crippen LogP contribution in [0.2, 0.25) is 0 Å². The van der Waals surface area contributed by atoms with Gasteiger partial charge in [-0.3, -0.25) is 14.8 Å².